The molecule has 1 saturated heterocycles. The molecule has 0 saturated carbocycles. The van der Waals surface area contributed by atoms with Crippen LogP contribution >= 0.6 is 0 Å². The van der Waals surface area contributed by atoms with Crippen LogP contribution in [0.4, 0.5) is 10.5 Å². The quantitative estimate of drug-likeness (QED) is 0.840. The van der Waals surface area contributed by atoms with Gasteiger partial charge in [0, 0.05) is 26.3 Å². The van der Waals surface area contributed by atoms with Crippen molar-refractivity contribution >= 4 is 41.3 Å². The molecule has 1 aliphatic rings. The average Bonchev–Trinajstić information content (AvgIpc) is 2.39. The summed E-state index contributed by atoms with van der Waals surface area (Å²) in [5.41, 5.74) is 2.21. The molecular formula is C14H21N2NaO2. The van der Waals surface area contributed by atoms with Crippen molar-refractivity contribution in [2.45, 2.75) is 25.3 Å². The fourth-order valence-corrected chi connectivity index (χ4v) is 2.52. The monoisotopic (exact) mass is 272 g/mol. The molecule has 1 N–H and O–H groups in total. The summed E-state index contributed by atoms with van der Waals surface area (Å²) in [7, 11) is 3.99. The molecule has 1 fully saturated rings. The van der Waals surface area contributed by atoms with E-state index in [0.29, 0.717) is 6.54 Å². The van der Waals surface area contributed by atoms with Crippen LogP contribution in [0, 0.1) is 0 Å². The molecule has 0 radical (unpaired) electrons. The van der Waals surface area contributed by atoms with E-state index in [4.69, 9.17) is 0 Å². The summed E-state index contributed by atoms with van der Waals surface area (Å²) in [6.45, 7) is 0.645. The summed E-state index contributed by atoms with van der Waals surface area (Å²) in [4.78, 5) is 14.9. The van der Waals surface area contributed by atoms with Crippen LogP contribution in [0.2, 0.25) is 0 Å². The van der Waals surface area contributed by atoms with E-state index in [0.717, 1.165) is 30.5 Å². The predicted octanol–water partition coefficient (Wildman–Crippen LogP) is 2.31. The number of likely N-dealkylation sites (tertiary alicyclic amines) is 1. The summed E-state index contributed by atoms with van der Waals surface area (Å²) in [6.07, 6.45) is 2.18. The van der Waals surface area contributed by atoms with Crippen LogP contribution in [-0.2, 0) is 0 Å². The van der Waals surface area contributed by atoms with Gasteiger partial charge in [-0.1, -0.05) is 12.1 Å². The van der Waals surface area contributed by atoms with Gasteiger partial charge in [-0.25, -0.2) is 4.79 Å². The third-order valence-corrected chi connectivity index (χ3v) is 3.52. The molecule has 0 aliphatic carbocycles. The van der Waals surface area contributed by atoms with Gasteiger partial charge in [-0.2, -0.15) is 0 Å². The molecule has 1 aromatic rings. The molecule has 1 atom stereocenters. The number of rotatable bonds is 2. The number of amides is 1. The van der Waals surface area contributed by atoms with Gasteiger partial charge >= 0.3 is 35.7 Å². The molecular weight excluding hydrogens is 251 g/mol. The first kappa shape index (κ1) is 16.3. The molecule has 0 aromatic heterocycles. The zero-order valence-electron chi connectivity index (χ0n) is 11.0. The summed E-state index contributed by atoms with van der Waals surface area (Å²) < 4.78 is 0. The Balaban J connectivity index is 0.00000180. The number of carboxylic acid groups (broad SMARTS) is 1. The van der Waals surface area contributed by atoms with Crippen molar-refractivity contribution in [3.63, 3.8) is 0 Å². The Labute approximate surface area is 136 Å². The van der Waals surface area contributed by atoms with E-state index in [1.54, 1.807) is 4.90 Å². The second kappa shape index (κ2) is 7.17. The van der Waals surface area contributed by atoms with E-state index in [1.807, 2.05) is 37.2 Å². The van der Waals surface area contributed by atoms with E-state index < -0.39 is 6.09 Å². The van der Waals surface area contributed by atoms with Crippen molar-refractivity contribution in [2.24, 2.45) is 0 Å². The van der Waals surface area contributed by atoms with Crippen LogP contribution in [0.1, 0.15) is 30.9 Å². The van der Waals surface area contributed by atoms with Gasteiger partial charge in [0.15, 0.2) is 0 Å². The first-order valence-corrected chi connectivity index (χ1v) is 6.36. The predicted molar refractivity (Wildman–Crippen MR) is 79.2 cm³/mol. The Morgan fingerprint density at radius 2 is 2.11 bits per heavy atom. The average molecular weight is 272 g/mol. The third kappa shape index (κ3) is 3.88. The van der Waals surface area contributed by atoms with Gasteiger partial charge in [-0.05, 0) is 37.0 Å². The third-order valence-electron chi connectivity index (χ3n) is 3.52. The van der Waals surface area contributed by atoms with E-state index in [1.165, 1.54) is 0 Å². The van der Waals surface area contributed by atoms with Crippen LogP contribution in [0.25, 0.3) is 0 Å². The van der Waals surface area contributed by atoms with E-state index in [9.17, 15) is 9.90 Å². The molecule has 2 rings (SSSR count). The molecule has 4 nitrogen and oxygen atoms in total. The molecule has 1 amide bonds. The Bertz CT molecular complexity index is 437. The molecule has 1 heterocycles. The van der Waals surface area contributed by atoms with Crippen molar-refractivity contribution in [2.75, 3.05) is 25.5 Å². The first-order valence-electron chi connectivity index (χ1n) is 6.36. The van der Waals surface area contributed by atoms with Gasteiger partial charge in [0.2, 0.25) is 0 Å². The van der Waals surface area contributed by atoms with Crippen LogP contribution in [0.15, 0.2) is 24.3 Å². The topological polar surface area (TPSA) is 43.8 Å². The number of piperidine rings is 1. The molecule has 0 bridgehead atoms. The maximum absolute atomic E-state index is 11.3. The van der Waals surface area contributed by atoms with E-state index in [-0.39, 0.29) is 35.6 Å². The molecule has 1 unspecified atom stereocenters. The number of hydrogen-bond donors (Lipinski definition) is 1. The van der Waals surface area contributed by atoms with Crippen LogP contribution in [0.5, 0.6) is 0 Å². The van der Waals surface area contributed by atoms with Crippen molar-refractivity contribution in [1.82, 2.24) is 4.90 Å². The molecule has 100 valence electrons. The van der Waals surface area contributed by atoms with Crippen molar-refractivity contribution in [3.8, 4) is 0 Å². The standard InChI is InChI=1S/C14H20N2O2.Na.H/c1-15(2)12-7-5-6-11(10-12)13-8-3-4-9-16(13)14(17)18;;/h5-7,10,13H,3-4,8-9H2,1-2H3,(H,17,18);;. The van der Waals surface area contributed by atoms with Crippen molar-refractivity contribution < 1.29 is 9.90 Å². The Morgan fingerprint density at radius 1 is 1.37 bits per heavy atom. The summed E-state index contributed by atoms with van der Waals surface area (Å²) in [5.74, 6) is 0. The van der Waals surface area contributed by atoms with Crippen LogP contribution in [0.3, 0.4) is 0 Å². The van der Waals surface area contributed by atoms with Gasteiger partial charge < -0.3 is 14.9 Å². The molecule has 0 spiro atoms. The zero-order valence-corrected chi connectivity index (χ0v) is 11.0. The van der Waals surface area contributed by atoms with Crippen LogP contribution in [-0.4, -0.2) is 66.3 Å². The zero-order chi connectivity index (χ0) is 13.1. The summed E-state index contributed by atoms with van der Waals surface area (Å²) >= 11 is 0. The molecule has 5 heteroatoms. The molecule has 1 aliphatic heterocycles. The minimum atomic E-state index is -0.810. The summed E-state index contributed by atoms with van der Waals surface area (Å²) in [5, 5.41) is 9.26. The maximum atomic E-state index is 11.3. The van der Waals surface area contributed by atoms with Gasteiger partial charge in [-0.15, -0.1) is 0 Å². The number of hydrogen-bond acceptors (Lipinski definition) is 2. The minimum absolute atomic E-state index is 0. The normalized spacial score (nSPS) is 18.6. The van der Waals surface area contributed by atoms with Gasteiger partial charge in [0.25, 0.3) is 0 Å². The number of nitrogens with zero attached hydrogens (tertiary/aromatic N) is 2. The van der Waals surface area contributed by atoms with Gasteiger partial charge in [-0.3, -0.25) is 0 Å². The van der Waals surface area contributed by atoms with Crippen molar-refractivity contribution in [1.29, 1.82) is 0 Å². The molecule has 19 heavy (non-hydrogen) atoms. The van der Waals surface area contributed by atoms with Crippen LogP contribution < -0.4 is 4.90 Å². The number of benzene rings is 1. The first-order chi connectivity index (χ1) is 8.59. The fourth-order valence-electron chi connectivity index (χ4n) is 2.52. The summed E-state index contributed by atoms with van der Waals surface area (Å²) in [6, 6.07) is 8.16. The van der Waals surface area contributed by atoms with Gasteiger partial charge in [0.05, 0.1) is 6.04 Å². The second-order valence-electron chi connectivity index (χ2n) is 4.98. The van der Waals surface area contributed by atoms with E-state index >= 15 is 0 Å². The van der Waals surface area contributed by atoms with E-state index in [2.05, 4.69) is 6.07 Å². The Kier molecular flexibility index (Phi) is 6.17. The second-order valence-corrected chi connectivity index (χ2v) is 4.98. The van der Waals surface area contributed by atoms with Crippen molar-refractivity contribution in [3.05, 3.63) is 29.8 Å². The number of anilines is 1. The van der Waals surface area contributed by atoms with Gasteiger partial charge in [0.1, 0.15) is 0 Å². The Morgan fingerprint density at radius 3 is 2.74 bits per heavy atom. The number of carbonyl (C=O) groups is 1. The SMILES string of the molecule is CN(C)c1cccc(C2CCCCN2C(=O)O)c1.[NaH]. The Hall–Kier alpha value is -0.710. The molecule has 1 aromatic carbocycles. The fraction of sp³-hybridized carbons (Fsp3) is 0.500.